The average Bonchev–Trinajstić information content (AvgIpc) is 3.23. The van der Waals surface area contributed by atoms with Crippen LogP contribution in [0.4, 0.5) is 10.8 Å². The number of nitrogens with two attached hydrogens (primary N) is 1. The summed E-state index contributed by atoms with van der Waals surface area (Å²) in [5.74, 6) is -0.159. The number of nitrogens with zero attached hydrogens (tertiary/aromatic N) is 1. The van der Waals surface area contributed by atoms with Crippen LogP contribution in [-0.2, 0) is 4.79 Å². The minimum Gasteiger partial charge on any atom is -0.399 e. The number of hydrogen-bond donors (Lipinski definition) is 2. The van der Waals surface area contributed by atoms with Gasteiger partial charge in [-0.15, -0.1) is 23.1 Å². The van der Waals surface area contributed by atoms with Gasteiger partial charge in [0, 0.05) is 21.5 Å². The van der Waals surface area contributed by atoms with E-state index < -0.39 is 5.25 Å². The number of carbonyl (C=O) groups is 1. The Bertz CT molecular complexity index is 1210. The molecule has 1 heterocycles. The molecule has 4 nitrogen and oxygen atoms in total. The Morgan fingerprint density at radius 3 is 2.55 bits per heavy atom. The average molecular weight is 486 g/mol. The summed E-state index contributed by atoms with van der Waals surface area (Å²) < 4.78 is 0. The first kappa shape index (κ1) is 21.7. The number of halogens is 2. The van der Waals surface area contributed by atoms with Gasteiger partial charge in [0.1, 0.15) is 5.25 Å². The van der Waals surface area contributed by atoms with Gasteiger partial charge in [-0.3, -0.25) is 4.79 Å². The molecule has 156 valence electrons. The van der Waals surface area contributed by atoms with Crippen LogP contribution in [-0.4, -0.2) is 10.9 Å². The molecular formula is C23H17Cl2N3OS2. The van der Waals surface area contributed by atoms with E-state index >= 15 is 0 Å². The highest BCUT2D eigenvalue weighted by atomic mass is 35.5. The molecule has 1 amide bonds. The lowest BCUT2D eigenvalue weighted by atomic mass is 10.1. The van der Waals surface area contributed by atoms with Gasteiger partial charge in [-0.2, -0.15) is 0 Å². The number of anilines is 2. The molecule has 0 saturated heterocycles. The number of benzene rings is 3. The number of amides is 1. The second kappa shape index (κ2) is 9.75. The Kier molecular flexibility index (Phi) is 6.83. The maximum Gasteiger partial charge on any atom is 0.244 e. The molecule has 0 fully saturated rings. The lowest BCUT2D eigenvalue weighted by molar-refractivity contribution is -0.115. The molecule has 0 aliphatic carbocycles. The summed E-state index contributed by atoms with van der Waals surface area (Å²) in [5, 5.41) is 5.82. The Hall–Kier alpha value is -2.51. The first-order chi connectivity index (χ1) is 15.0. The van der Waals surface area contributed by atoms with Gasteiger partial charge in [0.15, 0.2) is 5.13 Å². The summed E-state index contributed by atoms with van der Waals surface area (Å²) in [6, 6.07) is 22.5. The predicted molar refractivity (Wildman–Crippen MR) is 132 cm³/mol. The van der Waals surface area contributed by atoms with Crippen LogP contribution in [0.25, 0.3) is 11.3 Å². The Morgan fingerprint density at radius 1 is 1.00 bits per heavy atom. The van der Waals surface area contributed by atoms with Gasteiger partial charge >= 0.3 is 0 Å². The van der Waals surface area contributed by atoms with Gasteiger partial charge in [-0.05, 0) is 35.9 Å². The highest BCUT2D eigenvalue weighted by molar-refractivity contribution is 8.00. The molecule has 8 heteroatoms. The maximum absolute atomic E-state index is 13.2. The molecule has 3 N–H and O–H groups in total. The van der Waals surface area contributed by atoms with E-state index in [2.05, 4.69) is 10.3 Å². The lowest BCUT2D eigenvalue weighted by Crippen LogP contribution is -2.19. The molecule has 3 aromatic carbocycles. The molecule has 1 atom stereocenters. The zero-order valence-electron chi connectivity index (χ0n) is 16.1. The summed E-state index contributed by atoms with van der Waals surface area (Å²) in [5.41, 5.74) is 9.02. The fourth-order valence-corrected chi connectivity index (χ4v) is 5.03. The number of carbonyl (C=O) groups excluding carboxylic acids is 1. The SMILES string of the molecule is Nc1cccc(SC(C(=O)Nc2nc(-c3ccc(Cl)c(Cl)c3)cs2)c2ccccc2)c1. The summed E-state index contributed by atoms with van der Waals surface area (Å²) in [4.78, 5) is 18.7. The van der Waals surface area contributed by atoms with Crippen LogP contribution < -0.4 is 11.1 Å². The second-order valence-corrected chi connectivity index (χ2v) is 9.49. The van der Waals surface area contributed by atoms with E-state index in [-0.39, 0.29) is 5.91 Å². The zero-order chi connectivity index (χ0) is 21.8. The molecule has 0 aliphatic heterocycles. The molecule has 4 rings (SSSR count). The summed E-state index contributed by atoms with van der Waals surface area (Å²) in [6.07, 6.45) is 0. The van der Waals surface area contributed by atoms with Crippen molar-refractivity contribution in [1.82, 2.24) is 4.98 Å². The number of thiazole rings is 1. The molecule has 1 unspecified atom stereocenters. The van der Waals surface area contributed by atoms with Gasteiger partial charge < -0.3 is 11.1 Å². The Labute approximate surface area is 198 Å². The standard InChI is InChI=1S/C23H17Cl2N3OS2/c24-18-10-9-15(11-19(18)25)20-13-30-23(27-20)28-22(29)21(14-5-2-1-3-6-14)31-17-8-4-7-16(26)12-17/h1-13,21H,26H2,(H,27,28,29). The van der Waals surface area contributed by atoms with E-state index in [1.807, 2.05) is 66.0 Å². The molecule has 0 saturated carbocycles. The monoisotopic (exact) mass is 485 g/mol. The van der Waals surface area contributed by atoms with Gasteiger partial charge in [-0.25, -0.2) is 4.98 Å². The molecule has 31 heavy (non-hydrogen) atoms. The van der Waals surface area contributed by atoms with Crippen molar-refractivity contribution in [3.63, 3.8) is 0 Å². The van der Waals surface area contributed by atoms with Crippen LogP contribution in [0.2, 0.25) is 10.0 Å². The van der Waals surface area contributed by atoms with E-state index in [1.165, 1.54) is 23.1 Å². The van der Waals surface area contributed by atoms with Crippen molar-refractivity contribution < 1.29 is 4.79 Å². The van der Waals surface area contributed by atoms with Gasteiger partial charge in [0.05, 0.1) is 15.7 Å². The van der Waals surface area contributed by atoms with Crippen LogP contribution in [0.15, 0.2) is 83.1 Å². The van der Waals surface area contributed by atoms with Crippen molar-refractivity contribution in [3.05, 3.63) is 93.8 Å². The lowest BCUT2D eigenvalue weighted by Gasteiger charge is -2.16. The number of nitrogens with one attached hydrogen (secondary N) is 1. The van der Waals surface area contributed by atoms with Gasteiger partial charge in [0.25, 0.3) is 0 Å². The van der Waals surface area contributed by atoms with Crippen molar-refractivity contribution in [1.29, 1.82) is 0 Å². The number of thioether (sulfide) groups is 1. The number of rotatable bonds is 6. The Morgan fingerprint density at radius 2 is 1.81 bits per heavy atom. The van der Waals surface area contributed by atoms with Gasteiger partial charge in [-0.1, -0.05) is 65.7 Å². The van der Waals surface area contributed by atoms with Crippen molar-refractivity contribution in [2.24, 2.45) is 0 Å². The molecule has 0 aliphatic rings. The van der Waals surface area contributed by atoms with Crippen molar-refractivity contribution in [3.8, 4) is 11.3 Å². The van der Waals surface area contributed by atoms with E-state index in [0.717, 1.165) is 21.7 Å². The zero-order valence-corrected chi connectivity index (χ0v) is 19.2. The van der Waals surface area contributed by atoms with E-state index in [0.29, 0.717) is 20.9 Å². The molecule has 1 aromatic heterocycles. The highest BCUT2D eigenvalue weighted by Crippen LogP contribution is 2.37. The van der Waals surface area contributed by atoms with E-state index in [4.69, 9.17) is 28.9 Å². The smallest absolute Gasteiger partial charge is 0.244 e. The normalized spacial score (nSPS) is 11.8. The quantitative estimate of drug-likeness (QED) is 0.224. The minimum absolute atomic E-state index is 0.159. The van der Waals surface area contributed by atoms with Crippen LogP contribution in [0.3, 0.4) is 0 Å². The van der Waals surface area contributed by atoms with Crippen LogP contribution in [0.1, 0.15) is 10.8 Å². The number of nitrogen functional groups attached to an aromatic ring is 1. The van der Waals surface area contributed by atoms with Crippen molar-refractivity contribution in [2.45, 2.75) is 10.1 Å². The summed E-state index contributed by atoms with van der Waals surface area (Å²) in [7, 11) is 0. The number of aromatic nitrogens is 1. The third kappa shape index (κ3) is 5.40. The highest BCUT2D eigenvalue weighted by Gasteiger charge is 2.23. The van der Waals surface area contributed by atoms with Gasteiger partial charge in [0.2, 0.25) is 5.91 Å². The molecule has 0 spiro atoms. The summed E-state index contributed by atoms with van der Waals surface area (Å²) in [6.45, 7) is 0. The van der Waals surface area contributed by atoms with Crippen LogP contribution in [0.5, 0.6) is 0 Å². The van der Waals surface area contributed by atoms with Crippen molar-refractivity contribution in [2.75, 3.05) is 11.1 Å². The maximum atomic E-state index is 13.2. The third-order valence-corrected chi connectivity index (χ3v) is 7.15. The number of hydrogen-bond acceptors (Lipinski definition) is 5. The molecule has 0 bridgehead atoms. The minimum atomic E-state index is -0.458. The van der Waals surface area contributed by atoms with Crippen LogP contribution >= 0.6 is 46.3 Å². The largest absolute Gasteiger partial charge is 0.399 e. The molecule has 0 radical (unpaired) electrons. The fraction of sp³-hybridized carbons (Fsp3) is 0.0435. The van der Waals surface area contributed by atoms with Crippen molar-refractivity contribution >= 4 is 63.0 Å². The first-order valence-corrected chi connectivity index (χ1v) is 11.8. The second-order valence-electron chi connectivity index (χ2n) is 6.64. The Balaban J connectivity index is 1.56. The van der Waals surface area contributed by atoms with E-state index in [9.17, 15) is 4.79 Å². The first-order valence-electron chi connectivity index (χ1n) is 9.28. The third-order valence-electron chi connectivity index (χ3n) is 4.40. The van der Waals surface area contributed by atoms with E-state index in [1.54, 1.807) is 12.1 Å². The topological polar surface area (TPSA) is 68.0 Å². The fourth-order valence-electron chi connectivity index (χ4n) is 2.91. The predicted octanol–water partition coefficient (Wildman–Crippen LogP) is 7.17. The molecular weight excluding hydrogens is 469 g/mol. The van der Waals surface area contributed by atoms with Crippen LogP contribution in [0, 0.1) is 0 Å². The molecule has 4 aromatic rings. The summed E-state index contributed by atoms with van der Waals surface area (Å²) >= 11 is 14.9.